The van der Waals surface area contributed by atoms with Gasteiger partial charge in [-0.2, -0.15) is 16.8 Å². The molecule has 0 heterocycles. The van der Waals surface area contributed by atoms with E-state index >= 15 is 0 Å². The van der Waals surface area contributed by atoms with Crippen LogP contribution < -0.4 is 8.37 Å². The molecule has 1 rings (SSSR count). The summed E-state index contributed by atoms with van der Waals surface area (Å²) in [7, 11) is -8.31. The Labute approximate surface area is 143 Å². The second-order valence-corrected chi connectivity index (χ2v) is 7.24. The van der Waals surface area contributed by atoms with Gasteiger partial charge in [0.2, 0.25) is 0 Å². The van der Waals surface area contributed by atoms with Crippen molar-refractivity contribution in [2.24, 2.45) is 0 Å². The van der Waals surface area contributed by atoms with Gasteiger partial charge in [0.25, 0.3) is 0 Å². The minimum absolute atomic E-state index is 0.0249. The molecule has 24 heavy (non-hydrogen) atoms. The predicted molar refractivity (Wildman–Crippen MR) is 87.3 cm³/mol. The van der Waals surface area contributed by atoms with Gasteiger partial charge >= 0.3 is 20.8 Å². The second kappa shape index (κ2) is 9.82. The highest BCUT2D eigenvalue weighted by atomic mass is 32.3. The summed E-state index contributed by atoms with van der Waals surface area (Å²) in [5, 5.41) is 0. The smallest absolute Gasteiger partial charge is 0.362 e. The molecule has 0 unspecified atom stereocenters. The lowest BCUT2D eigenvalue weighted by Gasteiger charge is -2.08. The molecule has 0 aliphatic heterocycles. The van der Waals surface area contributed by atoms with Gasteiger partial charge in [-0.05, 0) is 37.1 Å². The molecule has 1 aromatic carbocycles. The zero-order valence-electron chi connectivity index (χ0n) is 13.6. The molecule has 0 aliphatic rings. The molecule has 10 heteroatoms. The number of hydrogen-bond donors (Lipinski definition) is 0. The summed E-state index contributed by atoms with van der Waals surface area (Å²) in [4.78, 5) is 0. The fraction of sp³-hybridized carbons (Fsp3) is 0.571. The Balaban J connectivity index is 2.59. The minimum Gasteiger partial charge on any atom is -0.362 e. The summed E-state index contributed by atoms with van der Waals surface area (Å²) in [5.74, 6) is -0.0497. The first-order chi connectivity index (χ1) is 11.3. The molecule has 0 spiro atoms. The fourth-order valence-electron chi connectivity index (χ4n) is 1.45. The summed E-state index contributed by atoms with van der Waals surface area (Å²) in [6.45, 7) is 3.87. The molecule has 0 amide bonds. The van der Waals surface area contributed by atoms with Gasteiger partial charge in [-0.15, -0.1) is 0 Å². The number of hydrogen-bond acceptors (Lipinski definition) is 8. The third-order valence-corrected chi connectivity index (χ3v) is 4.38. The van der Waals surface area contributed by atoms with Gasteiger partial charge in [0.15, 0.2) is 0 Å². The highest BCUT2D eigenvalue weighted by Gasteiger charge is 2.16. The maximum atomic E-state index is 11.5. The molecule has 0 atom stereocenters. The van der Waals surface area contributed by atoms with Gasteiger partial charge in [0.1, 0.15) is 11.5 Å². The monoisotopic (exact) mass is 382 g/mol. The summed E-state index contributed by atoms with van der Waals surface area (Å²) in [6.07, 6.45) is 2.75. The molecule has 0 bridgehead atoms. The van der Waals surface area contributed by atoms with Crippen LogP contribution in [0.1, 0.15) is 39.5 Å². The molecule has 0 N–H and O–H groups in total. The Morgan fingerprint density at radius 3 is 1.33 bits per heavy atom. The van der Waals surface area contributed by atoms with Crippen LogP contribution in [0.4, 0.5) is 0 Å². The zero-order chi connectivity index (χ0) is 18.1. The van der Waals surface area contributed by atoms with Crippen LogP contribution in [-0.2, 0) is 29.2 Å². The average Bonchev–Trinajstić information content (AvgIpc) is 2.49. The van der Waals surface area contributed by atoms with Crippen molar-refractivity contribution in [3.63, 3.8) is 0 Å². The van der Waals surface area contributed by atoms with Gasteiger partial charge in [-0.25, -0.2) is 8.37 Å². The Bertz CT molecular complexity index is 619. The molecule has 0 aliphatic carbocycles. The zero-order valence-corrected chi connectivity index (χ0v) is 15.3. The quantitative estimate of drug-likeness (QED) is 0.508. The van der Waals surface area contributed by atoms with Crippen LogP contribution in [-0.4, -0.2) is 30.0 Å². The Morgan fingerprint density at radius 1 is 0.708 bits per heavy atom. The predicted octanol–water partition coefficient (Wildman–Crippen LogP) is 2.57. The first-order valence-corrected chi connectivity index (χ1v) is 10.2. The molecule has 0 saturated carbocycles. The van der Waals surface area contributed by atoms with Crippen molar-refractivity contribution in [3.05, 3.63) is 24.3 Å². The third-order valence-electron chi connectivity index (χ3n) is 2.67. The van der Waals surface area contributed by atoms with Gasteiger partial charge < -0.3 is 8.37 Å². The number of benzene rings is 1. The SMILES string of the molecule is CCCCOS(=O)(=O)Oc1ccc(OS(=O)(=O)OCCCC)cc1. The van der Waals surface area contributed by atoms with Crippen LogP contribution in [0.3, 0.4) is 0 Å². The van der Waals surface area contributed by atoms with Crippen molar-refractivity contribution in [1.29, 1.82) is 0 Å². The highest BCUT2D eigenvalue weighted by Crippen LogP contribution is 2.21. The van der Waals surface area contributed by atoms with E-state index in [1.807, 2.05) is 13.8 Å². The minimum atomic E-state index is -4.15. The standard InChI is InChI=1S/C14H22O8S2/c1-3-5-11-19-23(15,16)21-13-7-9-14(10-8-13)22-24(17,18)20-12-6-4-2/h7-10H,3-6,11-12H2,1-2H3. The van der Waals surface area contributed by atoms with E-state index in [0.29, 0.717) is 12.8 Å². The van der Waals surface area contributed by atoms with E-state index in [1.54, 1.807) is 0 Å². The second-order valence-electron chi connectivity index (χ2n) is 4.81. The maximum Gasteiger partial charge on any atom is 0.449 e. The lowest BCUT2D eigenvalue weighted by Crippen LogP contribution is -2.15. The maximum absolute atomic E-state index is 11.5. The molecule has 138 valence electrons. The van der Waals surface area contributed by atoms with Gasteiger partial charge in [-0.1, -0.05) is 26.7 Å². The normalized spacial score (nSPS) is 12.1. The van der Waals surface area contributed by atoms with Crippen molar-refractivity contribution < 1.29 is 33.6 Å². The molecule has 0 saturated heterocycles. The van der Waals surface area contributed by atoms with E-state index in [0.717, 1.165) is 12.8 Å². The summed E-state index contributed by atoms with van der Waals surface area (Å²) in [6, 6.07) is 4.99. The van der Waals surface area contributed by atoms with E-state index < -0.39 is 20.8 Å². The van der Waals surface area contributed by atoms with Gasteiger partial charge in [-0.3, -0.25) is 0 Å². The fourth-order valence-corrected chi connectivity index (χ4v) is 2.88. The van der Waals surface area contributed by atoms with Crippen LogP contribution in [0.25, 0.3) is 0 Å². The van der Waals surface area contributed by atoms with E-state index in [-0.39, 0.29) is 24.7 Å². The Hall–Kier alpha value is -1.36. The Morgan fingerprint density at radius 2 is 1.04 bits per heavy atom. The topological polar surface area (TPSA) is 105 Å². The Kier molecular flexibility index (Phi) is 8.46. The average molecular weight is 382 g/mol. The van der Waals surface area contributed by atoms with Crippen molar-refractivity contribution in [1.82, 2.24) is 0 Å². The van der Waals surface area contributed by atoms with E-state index in [1.165, 1.54) is 24.3 Å². The van der Waals surface area contributed by atoms with Crippen molar-refractivity contribution in [3.8, 4) is 11.5 Å². The van der Waals surface area contributed by atoms with E-state index in [9.17, 15) is 16.8 Å². The van der Waals surface area contributed by atoms with Crippen LogP contribution in [0, 0.1) is 0 Å². The molecule has 0 aromatic heterocycles. The molecule has 0 fully saturated rings. The summed E-state index contributed by atoms with van der Waals surface area (Å²) in [5.41, 5.74) is 0. The van der Waals surface area contributed by atoms with Crippen molar-refractivity contribution >= 4 is 20.8 Å². The van der Waals surface area contributed by atoms with Gasteiger partial charge in [0, 0.05) is 0 Å². The molecule has 1 aromatic rings. The van der Waals surface area contributed by atoms with Crippen molar-refractivity contribution in [2.75, 3.05) is 13.2 Å². The third kappa shape index (κ3) is 8.48. The first kappa shape index (κ1) is 20.7. The largest absolute Gasteiger partial charge is 0.449 e. The molecule has 8 nitrogen and oxygen atoms in total. The van der Waals surface area contributed by atoms with E-state index in [2.05, 4.69) is 8.37 Å². The lowest BCUT2D eigenvalue weighted by atomic mass is 10.3. The highest BCUT2D eigenvalue weighted by molar-refractivity contribution is 7.82. The van der Waals surface area contributed by atoms with Crippen LogP contribution in [0.5, 0.6) is 11.5 Å². The van der Waals surface area contributed by atoms with E-state index in [4.69, 9.17) is 8.37 Å². The first-order valence-electron chi connectivity index (χ1n) is 7.55. The molecular formula is C14H22O8S2. The molecule has 0 radical (unpaired) electrons. The molecular weight excluding hydrogens is 360 g/mol. The van der Waals surface area contributed by atoms with Crippen LogP contribution in [0.2, 0.25) is 0 Å². The number of rotatable bonds is 12. The number of unbranched alkanes of at least 4 members (excludes halogenated alkanes) is 2. The summed E-state index contributed by atoms with van der Waals surface area (Å²) >= 11 is 0. The lowest BCUT2D eigenvalue weighted by molar-refractivity contribution is 0.266. The van der Waals surface area contributed by atoms with Gasteiger partial charge in [0.05, 0.1) is 13.2 Å². The van der Waals surface area contributed by atoms with Crippen LogP contribution >= 0.6 is 0 Å². The van der Waals surface area contributed by atoms with Crippen LogP contribution in [0.15, 0.2) is 24.3 Å². The van der Waals surface area contributed by atoms with Crippen molar-refractivity contribution in [2.45, 2.75) is 39.5 Å². The summed E-state index contributed by atoms with van der Waals surface area (Å²) < 4.78 is 64.9.